The van der Waals surface area contributed by atoms with Gasteiger partial charge in [-0.15, -0.1) is 0 Å². The SMILES string of the molecule is O=C(NC1(c2ccc(F)cc2F)CCC1)C1CCCc2cccnc21. The number of pyridine rings is 1. The fourth-order valence-electron chi connectivity index (χ4n) is 4.06. The van der Waals surface area contributed by atoms with Gasteiger partial charge in [0, 0.05) is 17.8 Å². The predicted octanol–water partition coefficient (Wildman–Crippen LogP) is 3.98. The van der Waals surface area contributed by atoms with Gasteiger partial charge in [-0.3, -0.25) is 9.78 Å². The zero-order valence-corrected chi connectivity index (χ0v) is 13.9. The molecular formula is C20H20F2N2O. The van der Waals surface area contributed by atoms with Crippen LogP contribution >= 0.6 is 0 Å². The van der Waals surface area contributed by atoms with E-state index in [0.29, 0.717) is 18.4 Å². The van der Waals surface area contributed by atoms with Gasteiger partial charge in [0.15, 0.2) is 0 Å². The molecular weight excluding hydrogens is 322 g/mol. The summed E-state index contributed by atoms with van der Waals surface area (Å²) in [5.41, 5.74) is 1.61. The fourth-order valence-corrected chi connectivity index (χ4v) is 4.06. The van der Waals surface area contributed by atoms with Crippen LogP contribution in [0.1, 0.15) is 54.8 Å². The van der Waals surface area contributed by atoms with Crippen molar-refractivity contribution in [1.29, 1.82) is 0 Å². The van der Waals surface area contributed by atoms with Crippen LogP contribution in [-0.4, -0.2) is 10.9 Å². The monoisotopic (exact) mass is 342 g/mol. The third-order valence-electron chi connectivity index (χ3n) is 5.53. The molecule has 25 heavy (non-hydrogen) atoms. The Balaban J connectivity index is 1.61. The van der Waals surface area contributed by atoms with Crippen molar-refractivity contribution in [1.82, 2.24) is 10.3 Å². The summed E-state index contributed by atoms with van der Waals surface area (Å²) in [5, 5.41) is 3.08. The van der Waals surface area contributed by atoms with Crippen molar-refractivity contribution in [3.63, 3.8) is 0 Å². The molecule has 4 rings (SSSR count). The Morgan fingerprint density at radius 3 is 2.76 bits per heavy atom. The quantitative estimate of drug-likeness (QED) is 0.917. The lowest BCUT2D eigenvalue weighted by Crippen LogP contribution is -2.52. The number of nitrogens with zero attached hydrogens (tertiary/aromatic N) is 1. The van der Waals surface area contributed by atoms with Gasteiger partial charge in [0.2, 0.25) is 5.91 Å². The maximum absolute atomic E-state index is 14.3. The van der Waals surface area contributed by atoms with Crippen molar-refractivity contribution in [3.8, 4) is 0 Å². The van der Waals surface area contributed by atoms with Crippen molar-refractivity contribution in [2.45, 2.75) is 50.0 Å². The number of benzene rings is 1. The van der Waals surface area contributed by atoms with E-state index in [1.54, 1.807) is 6.20 Å². The first kappa shape index (κ1) is 16.2. The highest BCUT2D eigenvalue weighted by atomic mass is 19.1. The molecule has 1 unspecified atom stereocenters. The molecule has 2 aliphatic rings. The van der Waals surface area contributed by atoms with Crippen LogP contribution in [0.3, 0.4) is 0 Å². The highest BCUT2D eigenvalue weighted by Gasteiger charge is 2.43. The molecule has 5 heteroatoms. The average molecular weight is 342 g/mol. The van der Waals surface area contributed by atoms with E-state index in [9.17, 15) is 13.6 Å². The van der Waals surface area contributed by atoms with E-state index in [2.05, 4.69) is 10.3 Å². The highest BCUT2D eigenvalue weighted by Crippen LogP contribution is 2.43. The first-order chi connectivity index (χ1) is 12.1. The number of hydrogen-bond donors (Lipinski definition) is 1. The smallest absolute Gasteiger partial charge is 0.229 e. The van der Waals surface area contributed by atoms with Gasteiger partial charge >= 0.3 is 0 Å². The molecule has 1 heterocycles. The maximum atomic E-state index is 14.3. The fraction of sp³-hybridized carbons (Fsp3) is 0.400. The summed E-state index contributed by atoms with van der Waals surface area (Å²) in [6.07, 6.45) is 6.59. The Hall–Kier alpha value is -2.30. The lowest BCUT2D eigenvalue weighted by molar-refractivity contribution is -0.126. The number of nitrogens with one attached hydrogen (secondary N) is 1. The van der Waals surface area contributed by atoms with Crippen LogP contribution in [0.25, 0.3) is 0 Å². The van der Waals surface area contributed by atoms with Gasteiger partial charge in [-0.2, -0.15) is 0 Å². The molecule has 0 radical (unpaired) electrons. The second kappa shape index (κ2) is 6.21. The van der Waals surface area contributed by atoms with Gasteiger partial charge in [-0.05, 0) is 56.2 Å². The molecule has 2 aliphatic carbocycles. The molecule has 1 N–H and O–H groups in total. The molecule has 1 aromatic heterocycles. The van der Waals surface area contributed by atoms with Crippen molar-refractivity contribution < 1.29 is 13.6 Å². The van der Waals surface area contributed by atoms with Gasteiger partial charge in [0.25, 0.3) is 0 Å². The number of hydrogen-bond acceptors (Lipinski definition) is 2. The van der Waals surface area contributed by atoms with Crippen LogP contribution in [0.5, 0.6) is 0 Å². The minimum Gasteiger partial charge on any atom is -0.346 e. The Morgan fingerprint density at radius 1 is 1.20 bits per heavy atom. The highest BCUT2D eigenvalue weighted by molar-refractivity contribution is 5.84. The molecule has 1 amide bonds. The number of halogens is 2. The van der Waals surface area contributed by atoms with E-state index in [1.165, 1.54) is 12.1 Å². The first-order valence-electron chi connectivity index (χ1n) is 8.80. The molecule has 0 aliphatic heterocycles. The largest absolute Gasteiger partial charge is 0.346 e. The number of rotatable bonds is 3. The number of carbonyl (C=O) groups excluding carboxylic acids is 1. The van der Waals surface area contributed by atoms with Crippen LogP contribution in [0.2, 0.25) is 0 Å². The standard InChI is InChI=1S/C20H20F2N2O/c21-14-7-8-16(17(22)12-14)20(9-3-10-20)24-19(25)15-6-1-4-13-5-2-11-23-18(13)15/h2,5,7-8,11-12,15H,1,3-4,6,9-10H2,(H,24,25). The van der Waals surface area contributed by atoms with Crippen molar-refractivity contribution >= 4 is 5.91 Å². The molecule has 130 valence electrons. The second-order valence-electron chi connectivity index (χ2n) is 7.04. The molecule has 3 nitrogen and oxygen atoms in total. The number of amides is 1. The lowest BCUT2D eigenvalue weighted by Gasteiger charge is -2.44. The van der Waals surface area contributed by atoms with E-state index >= 15 is 0 Å². The maximum Gasteiger partial charge on any atom is 0.229 e. The van der Waals surface area contributed by atoms with Crippen LogP contribution in [0, 0.1) is 11.6 Å². The third-order valence-corrected chi connectivity index (χ3v) is 5.53. The van der Waals surface area contributed by atoms with E-state index in [1.807, 2.05) is 12.1 Å². The topological polar surface area (TPSA) is 42.0 Å². The molecule has 1 saturated carbocycles. The Kier molecular flexibility index (Phi) is 4.02. The van der Waals surface area contributed by atoms with Crippen molar-refractivity contribution in [3.05, 3.63) is 65.0 Å². The van der Waals surface area contributed by atoms with Gasteiger partial charge in [-0.1, -0.05) is 12.1 Å². The Bertz CT molecular complexity index is 817. The lowest BCUT2D eigenvalue weighted by atomic mass is 9.71. The molecule has 0 saturated heterocycles. The van der Waals surface area contributed by atoms with Crippen LogP contribution in [0.15, 0.2) is 36.5 Å². The van der Waals surface area contributed by atoms with E-state index < -0.39 is 17.2 Å². The molecule has 1 aromatic carbocycles. The normalized spacial score (nSPS) is 21.1. The number of aryl methyl sites for hydroxylation is 1. The summed E-state index contributed by atoms with van der Waals surface area (Å²) in [4.78, 5) is 17.4. The summed E-state index contributed by atoms with van der Waals surface area (Å²) in [6.45, 7) is 0. The minimum absolute atomic E-state index is 0.108. The van der Waals surface area contributed by atoms with Gasteiger partial charge in [-0.25, -0.2) is 8.78 Å². The molecule has 1 fully saturated rings. The summed E-state index contributed by atoms with van der Waals surface area (Å²) < 4.78 is 27.5. The van der Waals surface area contributed by atoms with E-state index in [4.69, 9.17) is 0 Å². The average Bonchev–Trinajstić information content (AvgIpc) is 2.58. The van der Waals surface area contributed by atoms with E-state index in [-0.39, 0.29) is 11.8 Å². The second-order valence-corrected chi connectivity index (χ2v) is 7.04. The summed E-state index contributed by atoms with van der Waals surface area (Å²) in [6, 6.07) is 7.50. The first-order valence-corrected chi connectivity index (χ1v) is 8.80. The van der Waals surface area contributed by atoms with Crippen LogP contribution in [0.4, 0.5) is 8.78 Å². The molecule has 2 aromatic rings. The summed E-state index contributed by atoms with van der Waals surface area (Å²) in [5.74, 6) is -1.61. The summed E-state index contributed by atoms with van der Waals surface area (Å²) >= 11 is 0. The van der Waals surface area contributed by atoms with Crippen molar-refractivity contribution in [2.75, 3.05) is 0 Å². The van der Waals surface area contributed by atoms with Crippen LogP contribution < -0.4 is 5.32 Å². The van der Waals surface area contributed by atoms with Crippen molar-refractivity contribution in [2.24, 2.45) is 0 Å². The molecule has 0 spiro atoms. The molecule has 1 atom stereocenters. The zero-order valence-electron chi connectivity index (χ0n) is 13.9. The Labute approximate surface area is 145 Å². The number of carbonyl (C=O) groups is 1. The predicted molar refractivity (Wildman–Crippen MR) is 89.9 cm³/mol. The summed E-state index contributed by atoms with van der Waals surface area (Å²) in [7, 11) is 0. The third kappa shape index (κ3) is 2.81. The van der Waals surface area contributed by atoms with E-state index in [0.717, 1.165) is 43.0 Å². The Morgan fingerprint density at radius 2 is 2.04 bits per heavy atom. The van der Waals surface area contributed by atoms with Gasteiger partial charge in [0.05, 0.1) is 17.2 Å². The van der Waals surface area contributed by atoms with Gasteiger partial charge in [0.1, 0.15) is 11.6 Å². The number of fused-ring (bicyclic) bond motifs is 1. The van der Waals surface area contributed by atoms with Crippen LogP contribution in [-0.2, 0) is 16.8 Å². The number of aromatic nitrogens is 1. The van der Waals surface area contributed by atoms with Gasteiger partial charge < -0.3 is 5.32 Å². The zero-order chi connectivity index (χ0) is 17.4. The molecule has 0 bridgehead atoms. The minimum atomic E-state index is -0.721.